The first kappa shape index (κ1) is 92.8. The highest BCUT2D eigenvalue weighted by Crippen LogP contribution is 2.26. The Hall–Kier alpha value is -0.880. The lowest BCUT2D eigenvalue weighted by molar-refractivity contribution is -0.141. The van der Waals surface area contributed by atoms with E-state index in [1.165, 1.54) is 205 Å². The number of unbranched alkanes of at least 4 members (excludes halogenated alkanes) is 8. The van der Waals surface area contributed by atoms with Crippen LogP contribution in [0.25, 0.3) is 0 Å². The molecule has 0 saturated heterocycles. The van der Waals surface area contributed by atoms with Crippen LogP contribution in [0.15, 0.2) is 0 Å². The molecule has 0 heterocycles. The number of thioether (sulfide) groups is 4. The van der Waals surface area contributed by atoms with E-state index in [-0.39, 0.29) is 23.7 Å². The highest BCUT2D eigenvalue weighted by Gasteiger charge is 2.26. The van der Waals surface area contributed by atoms with E-state index in [0.717, 1.165) is 69.7 Å². The van der Waals surface area contributed by atoms with Crippen LogP contribution in [0.2, 0.25) is 0 Å². The van der Waals surface area contributed by atoms with E-state index in [1.54, 1.807) is 74.7 Å². The quantitative estimate of drug-likeness (QED) is 0.0265. The predicted octanol–water partition coefficient (Wildman–Crippen LogP) is 18.8. The number of aliphatic hydroxyl groups is 4. The summed E-state index contributed by atoms with van der Waals surface area (Å²) in [5.41, 5.74) is -1.11. The van der Waals surface area contributed by atoms with Crippen molar-refractivity contribution in [1.82, 2.24) is 0 Å². The van der Waals surface area contributed by atoms with Crippen molar-refractivity contribution in [2.24, 2.45) is 52.8 Å². The van der Waals surface area contributed by atoms with Crippen molar-refractivity contribution in [3.05, 3.63) is 0 Å². The van der Waals surface area contributed by atoms with Gasteiger partial charge in [0.1, 0.15) is 0 Å². The molecule has 0 radical (unpaired) electrons. The van der Waals surface area contributed by atoms with Gasteiger partial charge in [-0.15, -0.1) is 0 Å². The van der Waals surface area contributed by atoms with E-state index in [2.05, 4.69) is 55.4 Å². The topological polar surface area (TPSA) is 230 Å². The molecule has 16 heteroatoms. The van der Waals surface area contributed by atoms with Gasteiger partial charge in [0, 0.05) is 23.0 Å². The molecule has 0 bridgehead atoms. The van der Waals surface area contributed by atoms with E-state index >= 15 is 0 Å². The van der Waals surface area contributed by atoms with Gasteiger partial charge in [-0.05, 0) is 72.4 Å². The van der Waals surface area contributed by atoms with Gasteiger partial charge in [-0.2, -0.15) is 47.0 Å². The molecule has 0 fully saturated rings. The van der Waals surface area contributed by atoms with Gasteiger partial charge in [0.15, 0.2) is 0 Å². The summed E-state index contributed by atoms with van der Waals surface area (Å²) in [5.74, 6) is 7.66. The number of carboxylic acid groups (broad SMARTS) is 4. The van der Waals surface area contributed by atoms with Crippen LogP contribution in [0.4, 0.5) is 0 Å². The first-order valence-corrected chi connectivity index (χ1v) is 39.0. The number of carboxylic acids is 4. The predicted molar refractivity (Wildman–Crippen MR) is 374 cm³/mol. The summed E-state index contributed by atoms with van der Waals surface area (Å²) in [6.07, 6.45) is 42.7. The molecule has 0 saturated carbocycles. The van der Waals surface area contributed by atoms with Crippen LogP contribution in [0.5, 0.6) is 0 Å². The summed E-state index contributed by atoms with van der Waals surface area (Å²) in [5, 5.41) is 69.1. The van der Waals surface area contributed by atoms with Crippen molar-refractivity contribution in [3.8, 4) is 0 Å². The molecule has 0 rings (SSSR count). The van der Waals surface area contributed by atoms with Crippen molar-refractivity contribution in [2.45, 2.75) is 289 Å². The lowest BCUT2D eigenvalue weighted by Crippen LogP contribution is -2.37. The first-order valence-electron chi connectivity index (χ1n) is 34.4. The van der Waals surface area contributed by atoms with E-state index in [9.17, 15) is 19.2 Å². The number of hydrogen-bond acceptors (Lipinski definition) is 12. The van der Waals surface area contributed by atoms with Crippen molar-refractivity contribution in [3.63, 3.8) is 0 Å². The van der Waals surface area contributed by atoms with Crippen LogP contribution in [0.1, 0.15) is 289 Å². The standard InChI is InChI=1S/4C16H32O2S.C5H12O4/c4*1-4-6-10-15(9-5-2)11-7-8-12-19-13-14(3)16(17)18;6-1-5(2-7,3-8)4-9/h4*14-15H,4-13H2,1-3H3,(H,17,18);6-9H,1-4H2. The third-order valence-electron chi connectivity index (χ3n) is 15.8. The minimum atomic E-state index is -1.11. The van der Waals surface area contributed by atoms with Gasteiger partial charge < -0.3 is 40.9 Å². The lowest BCUT2D eigenvalue weighted by atomic mass is 9.92. The summed E-state index contributed by atoms with van der Waals surface area (Å²) in [4.78, 5) is 42.7. The van der Waals surface area contributed by atoms with Gasteiger partial charge in [0.25, 0.3) is 0 Å². The Morgan fingerprint density at radius 3 is 0.588 bits per heavy atom. The number of hydrogen-bond donors (Lipinski definition) is 8. The Labute approximate surface area is 541 Å². The Kier molecular flexibility index (Phi) is 77.1. The zero-order valence-corrected chi connectivity index (χ0v) is 60.3. The molecule has 8 atom stereocenters. The van der Waals surface area contributed by atoms with E-state index < -0.39 is 55.7 Å². The number of carbonyl (C=O) groups is 4. The molecule has 0 aromatic carbocycles. The molecule has 0 spiro atoms. The lowest BCUT2D eigenvalue weighted by Gasteiger charge is -2.23. The fourth-order valence-electron chi connectivity index (χ4n) is 9.51. The molecule has 512 valence electrons. The molecular weight excluding hydrogens is 1150 g/mol. The van der Waals surface area contributed by atoms with Crippen LogP contribution in [0, 0.1) is 52.8 Å². The summed E-state index contributed by atoms with van der Waals surface area (Å²) in [7, 11) is 0. The maximum absolute atomic E-state index is 10.7. The second-order valence-corrected chi connectivity index (χ2v) is 29.2. The van der Waals surface area contributed by atoms with Gasteiger partial charge in [0.2, 0.25) is 0 Å². The molecule has 8 unspecified atom stereocenters. The fourth-order valence-corrected chi connectivity index (χ4v) is 13.8. The fraction of sp³-hybridized carbons (Fsp3) is 0.942. The van der Waals surface area contributed by atoms with E-state index in [1.807, 2.05) is 0 Å². The molecule has 0 aromatic rings. The van der Waals surface area contributed by atoms with Gasteiger partial charge in [-0.3, -0.25) is 19.2 Å². The minimum absolute atomic E-state index is 0.206. The minimum Gasteiger partial charge on any atom is -0.481 e. The largest absolute Gasteiger partial charge is 0.481 e. The van der Waals surface area contributed by atoms with E-state index in [4.69, 9.17) is 40.9 Å². The van der Waals surface area contributed by atoms with Gasteiger partial charge in [-0.25, -0.2) is 0 Å². The average molecular weight is 1290 g/mol. The summed E-state index contributed by atoms with van der Waals surface area (Å²) in [6, 6.07) is 0. The van der Waals surface area contributed by atoms with Crippen molar-refractivity contribution >= 4 is 70.9 Å². The summed E-state index contributed by atoms with van der Waals surface area (Å²) >= 11 is 7.17. The van der Waals surface area contributed by atoms with Gasteiger partial charge in [0.05, 0.1) is 55.5 Å². The zero-order chi connectivity index (χ0) is 65.4. The Morgan fingerprint density at radius 1 is 0.282 bits per heavy atom. The third-order valence-corrected chi connectivity index (χ3v) is 21.0. The van der Waals surface area contributed by atoms with Crippen molar-refractivity contribution in [2.75, 3.05) is 72.5 Å². The normalized spacial score (nSPS) is 14.0. The highest BCUT2D eigenvalue weighted by molar-refractivity contribution is 7.99. The zero-order valence-electron chi connectivity index (χ0n) is 57.1. The van der Waals surface area contributed by atoms with E-state index in [0.29, 0.717) is 0 Å². The Morgan fingerprint density at radius 2 is 0.459 bits per heavy atom. The maximum Gasteiger partial charge on any atom is 0.307 e. The van der Waals surface area contributed by atoms with Crippen LogP contribution in [-0.2, 0) is 19.2 Å². The van der Waals surface area contributed by atoms with Crippen LogP contribution < -0.4 is 0 Å². The van der Waals surface area contributed by atoms with Gasteiger partial charge in [-0.1, -0.05) is 263 Å². The van der Waals surface area contributed by atoms with Crippen LogP contribution in [0.3, 0.4) is 0 Å². The smallest absolute Gasteiger partial charge is 0.307 e. The van der Waals surface area contributed by atoms with Crippen molar-refractivity contribution < 1.29 is 60.0 Å². The molecule has 12 nitrogen and oxygen atoms in total. The monoisotopic (exact) mass is 1290 g/mol. The third kappa shape index (κ3) is 65.9. The van der Waals surface area contributed by atoms with Crippen LogP contribution in [-0.4, -0.2) is 137 Å². The van der Waals surface area contributed by atoms with Crippen molar-refractivity contribution in [1.29, 1.82) is 0 Å². The molecule has 0 aliphatic rings. The molecule has 0 aromatic heterocycles. The SMILES string of the molecule is CCCCC(CCC)CCCCSCC(C)C(=O)O.CCCCC(CCC)CCCCSCC(C)C(=O)O.CCCCC(CCC)CCCCSCC(C)C(=O)O.CCCCC(CCC)CCCCSCC(C)C(=O)O.OCC(CO)(CO)CO. The molecule has 85 heavy (non-hydrogen) atoms. The van der Waals surface area contributed by atoms with Crippen LogP contribution >= 0.6 is 47.0 Å². The molecular formula is C69H140O12S4. The highest BCUT2D eigenvalue weighted by atomic mass is 32.2. The second-order valence-electron chi connectivity index (χ2n) is 24.6. The number of rotatable bonds is 56. The number of aliphatic carboxylic acids is 4. The molecule has 0 amide bonds. The average Bonchev–Trinajstić information content (AvgIpc) is 3.51. The summed E-state index contributed by atoms with van der Waals surface area (Å²) < 4.78 is 0. The Balaban J connectivity index is -0.000000319. The molecule has 0 aliphatic heterocycles. The summed E-state index contributed by atoms with van der Waals surface area (Å²) in [6.45, 7) is 23.7. The second kappa shape index (κ2) is 70.6. The molecule has 8 N–H and O–H groups in total. The Bertz CT molecular complexity index is 1210. The first-order chi connectivity index (χ1) is 40.7. The molecule has 0 aliphatic carbocycles. The number of aliphatic hydroxyl groups excluding tert-OH is 4. The van der Waals surface area contributed by atoms with Gasteiger partial charge >= 0.3 is 23.9 Å². The maximum atomic E-state index is 10.7.